The van der Waals surface area contributed by atoms with E-state index in [4.69, 9.17) is 16.3 Å². The Kier molecular flexibility index (Phi) is 4.04. The Bertz CT molecular complexity index is 1010. The monoisotopic (exact) mass is 350 g/mol. The van der Waals surface area contributed by atoms with Gasteiger partial charge in [0, 0.05) is 16.8 Å². The maximum Gasteiger partial charge on any atom is 0.224 e. The maximum absolute atomic E-state index is 10.5. The molecule has 0 fully saturated rings. The van der Waals surface area contributed by atoms with Gasteiger partial charge in [-0.05, 0) is 29.8 Å². The fraction of sp³-hybridized carbons (Fsp3) is 0.0500. The lowest BCUT2D eigenvalue weighted by Crippen LogP contribution is -1.97. The minimum atomic E-state index is 0.0717. The van der Waals surface area contributed by atoms with Gasteiger partial charge in [0.05, 0.1) is 0 Å². The van der Waals surface area contributed by atoms with Crippen molar-refractivity contribution in [1.82, 2.24) is 9.38 Å². The van der Waals surface area contributed by atoms with Crippen LogP contribution in [0.5, 0.6) is 11.6 Å². The summed E-state index contributed by atoms with van der Waals surface area (Å²) >= 11 is 5.93. The van der Waals surface area contributed by atoms with E-state index in [1.807, 2.05) is 54.6 Å². The first-order valence-electron chi connectivity index (χ1n) is 7.85. The van der Waals surface area contributed by atoms with Crippen LogP contribution in [0.4, 0.5) is 0 Å². The first kappa shape index (κ1) is 15.5. The molecule has 0 unspecified atom stereocenters. The molecule has 0 radical (unpaired) electrons. The van der Waals surface area contributed by atoms with Crippen LogP contribution < -0.4 is 4.74 Å². The van der Waals surface area contributed by atoms with Crippen LogP contribution >= 0.6 is 11.6 Å². The normalized spacial score (nSPS) is 10.9. The van der Waals surface area contributed by atoms with Crippen molar-refractivity contribution in [2.75, 3.05) is 0 Å². The molecule has 0 saturated carbocycles. The number of aromatic hydroxyl groups is 1. The van der Waals surface area contributed by atoms with Gasteiger partial charge in [0.25, 0.3) is 0 Å². The van der Waals surface area contributed by atoms with Gasteiger partial charge in [0.15, 0.2) is 11.4 Å². The molecule has 4 nitrogen and oxygen atoms in total. The third kappa shape index (κ3) is 3.04. The number of hydrogen-bond donors (Lipinski definition) is 1. The third-order valence-corrected chi connectivity index (χ3v) is 4.20. The molecule has 0 aliphatic heterocycles. The average molecular weight is 351 g/mol. The Hall–Kier alpha value is -2.98. The number of ether oxygens (including phenoxy) is 1. The fourth-order valence-corrected chi connectivity index (χ4v) is 2.81. The van der Waals surface area contributed by atoms with Crippen molar-refractivity contribution in [1.29, 1.82) is 0 Å². The quantitative estimate of drug-likeness (QED) is 0.567. The Labute approximate surface area is 149 Å². The highest BCUT2D eigenvalue weighted by Crippen LogP contribution is 2.33. The molecule has 0 aliphatic rings. The van der Waals surface area contributed by atoms with E-state index in [9.17, 15) is 5.11 Å². The Morgan fingerprint density at radius 2 is 1.72 bits per heavy atom. The summed E-state index contributed by atoms with van der Waals surface area (Å²) in [6, 6.07) is 20.8. The molecule has 0 amide bonds. The predicted octanol–water partition coefficient (Wildman–Crippen LogP) is 4.94. The van der Waals surface area contributed by atoms with Crippen LogP contribution in [0.25, 0.3) is 16.9 Å². The summed E-state index contributed by atoms with van der Waals surface area (Å²) in [5, 5.41) is 11.2. The van der Waals surface area contributed by atoms with E-state index in [0.29, 0.717) is 28.7 Å². The highest BCUT2D eigenvalue weighted by molar-refractivity contribution is 6.30. The van der Waals surface area contributed by atoms with Crippen LogP contribution in [0.15, 0.2) is 72.9 Å². The van der Waals surface area contributed by atoms with E-state index < -0.39 is 0 Å². The number of fused-ring (bicyclic) bond motifs is 1. The maximum atomic E-state index is 10.5. The first-order chi connectivity index (χ1) is 12.2. The molecule has 1 N–H and O–H groups in total. The Balaban J connectivity index is 1.71. The van der Waals surface area contributed by atoms with E-state index in [1.165, 1.54) is 0 Å². The summed E-state index contributed by atoms with van der Waals surface area (Å²) in [5.41, 5.74) is 2.92. The summed E-state index contributed by atoms with van der Waals surface area (Å²) in [5.74, 6) is 0.685. The second kappa shape index (κ2) is 6.49. The zero-order chi connectivity index (χ0) is 17.2. The van der Waals surface area contributed by atoms with Crippen molar-refractivity contribution in [3.63, 3.8) is 0 Å². The molecular formula is C20H15ClN2O2. The van der Waals surface area contributed by atoms with Crippen LogP contribution in [-0.4, -0.2) is 14.5 Å². The molecule has 25 heavy (non-hydrogen) atoms. The van der Waals surface area contributed by atoms with Crippen LogP contribution in [0, 0.1) is 0 Å². The SMILES string of the molecule is Oc1c(-c2ccc(Cl)cc2)nc2c(OCc3ccccc3)cccn12. The number of imidazole rings is 1. The number of nitrogens with zero attached hydrogens (tertiary/aromatic N) is 2. The van der Waals surface area contributed by atoms with Gasteiger partial charge in [-0.3, -0.25) is 4.40 Å². The molecule has 2 heterocycles. The van der Waals surface area contributed by atoms with Crippen LogP contribution in [0.3, 0.4) is 0 Å². The van der Waals surface area contributed by atoms with E-state index in [2.05, 4.69) is 4.98 Å². The molecule has 0 aliphatic carbocycles. The highest BCUT2D eigenvalue weighted by Gasteiger charge is 2.16. The van der Waals surface area contributed by atoms with Crippen LogP contribution in [0.2, 0.25) is 5.02 Å². The van der Waals surface area contributed by atoms with Gasteiger partial charge in [-0.1, -0.05) is 54.1 Å². The molecular weight excluding hydrogens is 336 g/mol. The number of halogens is 1. The zero-order valence-corrected chi connectivity index (χ0v) is 14.0. The summed E-state index contributed by atoms with van der Waals surface area (Å²) in [7, 11) is 0. The third-order valence-electron chi connectivity index (χ3n) is 3.94. The lowest BCUT2D eigenvalue weighted by Gasteiger charge is -2.07. The van der Waals surface area contributed by atoms with Gasteiger partial charge >= 0.3 is 0 Å². The van der Waals surface area contributed by atoms with Crippen molar-refractivity contribution in [2.24, 2.45) is 0 Å². The summed E-state index contributed by atoms with van der Waals surface area (Å²) < 4.78 is 7.53. The number of rotatable bonds is 4. The van der Waals surface area contributed by atoms with Gasteiger partial charge in [-0.15, -0.1) is 0 Å². The fourth-order valence-electron chi connectivity index (χ4n) is 2.68. The number of benzene rings is 2. The Morgan fingerprint density at radius 3 is 2.48 bits per heavy atom. The lowest BCUT2D eigenvalue weighted by molar-refractivity contribution is 0.308. The molecule has 2 aromatic heterocycles. The number of pyridine rings is 1. The van der Waals surface area contributed by atoms with Crippen molar-refractivity contribution in [3.8, 4) is 22.9 Å². The van der Waals surface area contributed by atoms with Crippen molar-refractivity contribution >= 4 is 17.2 Å². The molecule has 4 aromatic rings. The molecule has 0 atom stereocenters. The van der Waals surface area contributed by atoms with Crippen molar-refractivity contribution < 1.29 is 9.84 Å². The molecule has 5 heteroatoms. The summed E-state index contributed by atoms with van der Waals surface area (Å²) in [4.78, 5) is 4.57. The van der Waals surface area contributed by atoms with Gasteiger partial charge in [-0.2, -0.15) is 0 Å². The molecule has 4 rings (SSSR count). The predicted molar refractivity (Wildman–Crippen MR) is 98.1 cm³/mol. The van der Waals surface area contributed by atoms with Gasteiger partial charge in [0.2, 0.25) is 5.88 Å². The largest absolute Gasteiger partial charge is 0.493 e. The topological polar surface area (TPSA) is 46.8 Å². The van der Waals surface area contributed by atoms with Crippen LogP contribution in [0.1, 0.15) is 5.56 Å². The number of aromatic nitrogens is 2. The minimum Gasteiger partial charge on any atom is -0.493 e. The van der Waals surface area contributed by atoms with E-state index >= 15 is 0 Å². The van der Waals surface area contributed by atoms with Gasteiger partial charge in [0.1, 0.15) is 12.3 Å². The zero-order valence-electron chi connectivity index (χ0n) is 13.3. The lowest BCUT2D eigenvalue weighted by atomic mass is 10.2. The van der Waals surface area contributed by atoms with Gasteiger partial charge in [-0.25, -0.2) is 4.98 Å². The Morgan fingerprint density at radius 1 is 0.960 bits per heavy atom. The summed E-state index contributed by atoms with van der Waals surface area (Å²) in [6.07, 6.45) is 1.76. The minimum absolute atomic E-state index is 0.0717. The number of hydrogen-bond acceptors (Lipinski definition) is 3. The standard InChI is InChI=1S/C20H15ClN2O2/c21-16-10-8-15(9-11-16)18-20(24)23-12-4-7-17(19(23)22-18)25-13-14-5-2-1-3-6-14/h1-12,24H,13H2. The van der Waals surface area contributed by atoms with Crippen LogP contribution in [-0.2, 0) is 6.61 Å². The molecule has 0 bridgehead atoms. The molecule has 124 valence electrons. The summed E-state index contributed by atoms with van der Waals surface area (Å²) in [6.45, 7) is 0.435. The second-order valence-electron chi connectivity index (χ2n) is 5.63. The first-order valence-corrected chi connectivity index (χ1v) is 8.23. The molecule has 0 saturated heterocycles. The highest BCUT2D eigenvalue weighted by atomic mass is 35.5. The van der Waals surface area contributed by atoms with Crippen molar-refractivity contribution in [2.45, 2.75) is 6.61 Å². The molecule has 2 aromatic carbocycles. The van der Waals surface area contributed by atoms with Crippen molar-refractivity contribution in [3.05, 3.63) is 83.5 Å². The van der Waals surface area contributed by atoms with Gasteiger partial charge < -0.3 is 9.84 Å². The second-order valence-corrected chi connectivity index (χ2v) is 6.07. The van der Waals surface area contributed by atoms with E-state index in [-0.39, 0.29) is 5.88 Å². The van der Waals surface area contributed by atoms with E-state index in [0.717, 1.165) is 11.1 Å². The average Bonchev–Trinajstić information content (AvgIpc) is 2.99. The smallest absolute Gasteiger partial charge is 0.224 e. The molecule has 0 spiro atoms. The van der Waals surface area contributed by atoms with E-state index in [1.54, 1.807) is 22.7 Å².